The van der Waals surface area contributed by atoms with E-state index in [1.54, 1.807) is 0 Å². The van der Waals surface area contributed by atoms with Gasteiger partial charge in [0.05, 0.1) is 12.3 Å². The third kappa shape index (κ3) is 4.09. The highest BCUT2D eigenvalue weighted by atomic mass is 16.5. The van der Waals surface area contributed by atoms with Crippen LogP contribution in [-0.2, 0) is 11.2 Å². The van der Waals surface area contributed by atoms with Gasteiger partial charge in [0.2, 0.25) is 0 Å². The van der Waals surface area contributed by atoms with Crippen molar-refractivity contribution in [3.63, 3.8) is 0 Å². The molecule has 0 spiro atoms. The summed E-state index contributed by atoms with van der Waals surface area (Å²) in [5.41, 5.74) is 1.92. The molecule has 5 nitrogen and oxygen atoms in total. The zero-order valence-corrected chi connectivity index (χ0v) is 10.9. The minimum absolute atomic E-state index is 0.00356. The molecule has 0 aliphatic rings. The summed E-state index contributed by atoms with van der Waals surface area (Å²) in [7, 11) is 0. The predicted octanol–water partition coefficient (Wildman–Crippen LogP) is 2.36. The van der Waals surface area contributed by atoms with Gasteiger partial charge in [-0.05, 0) is 33.6 Å². The van der Waals surface area contributed by atoms with E-state index >= 15 is 0 Å². The van der Waals surface area contributed by atoms with Crippen molar-refractivity contribution in [1.82, 2.24) is 10.5 Å². The molecular formula is C12H20N2O3. The highest BCUT2D eigenvalue weighted by Gasteiger charge is 2.14. The fourth-order valence-corrected chi connectivity index (χ4v) is 1.59. The maximum absolute atomic E-state index is 11.3. The largest absolute Gasteiger partial charge is 0.450 e. The van der Waals surface area contributed by atoms with E-state index in [2.05, 4.69) is 10.5 Å². The van der Waals surface area contributed by atoms with Gasteiger partial charge in [0.25, 0.3) is 0 Å². The van der Waals surface area contributed by atoms with Crippen LogP contribution in [0.4, 0.5) is 4.79 Å². The average Bonchev–Trinajstić information content (AvgIpc) is 2.58. The summed E-state index contributed by atoms with van der Waals surface area (Å²) in [6.07, 6.45) is 1.15. The Morgan fingerprint density at radius 3 is 2.76 bits per heavy atom. The van der Waals surface area contributed by atoms with Crippen molar-refractivity contribution >= 4 is 6.09 Å². The Morgan fingerprint density at radius 2 is 2.24 bits per heavy atom. The molecule has 0 aromatic carbocycles. The van der Waals surface area contributed by atoms with Crippen LogP contribution in [0.2, 0.25) is 0 Å². The Hall–Kier alpha value is -1.52. The zero-order valence-electron chi connectivity index (χ0n) is 10.9. The molecule has 1 amide bonds. The highest BCUT2D eigenvalue weighted by molar-refractivity contribution is 5.67. The lowest BCUT2D eigenvalue weighted by molar-refractivity contribution is 0.143. The van der Waals surface area contributed by atoms with Crippen LogP contribution in [0.15, 0.2) is 4.52 Å². The summed E-state index contributed by atoms with van der Waals surface area (Å²) in [5, 5.41) is 6.66. The molecule has 0 radical (unpaired) electrons. The van der Waals surface area contributed by atoms with Crippen LogP contribution in [0.5, 0.6) is 0 Å². The van der Waals surface area contributed by atoms with Crippen molar-refractivity contribution in [3.05, 3.63) is 17.0 Å². The van der Waals surface area contributed by atoms with E-state index < -0.39 is 0 Å². The normalized spacial score (nSPS) is 12.2. The highest BCUT2D eigenvalue weighted by Crippen LogP contribution is 2.14. The number of aromatic nitrogens is 1. The predicted molar refractivity (Wildman–Crippen MR) is 63.9 cm³/mol. The standard InChI is InChI=1S/C12H20N2O3/c1-5-6-16-12(15)13-8(2)7-11-9(3)14-17-10(11)4/h8H,5-7H2,1-4H3,(H,13,15). The van der Waals surface area contributed by atoms with Crippen molar-refractivity contribution in [2.24, 2.45) is 0 Å². The number of rotatable bonds is 5. The van der Waals surface area contributed by atoms with Crippen molar-refractivity contribution in [1.29, 1.82) is 0 Å². The van der Waals surface area contributed by atoms with E-state index in [1.165, 1.54) is 0 Å². The molecule has 0 aliphatic heterocycles. The van der Waals surface area contributed by atoms with Crippen LogP contribution in [0.1, 0.15) is 37.3 Å². The molecule has 0 bridgehead atoms. The molecule has 0 saturated heterocycles. The van der Waals surface area contributed by atoms with E-state index in [1.807, 2.05) is 27.7 Å². The first-order valence-electron chi connectivity index (χ1n) is 5.89. The molecule has 1 rings (SSSR count). The molecule has 1 aromatic heterocycles. The van der Waals surface area contributed by atoms with Gasteiger partial charge in [-0.3, -0.25) is 0 Å². The SMILES string of the molecule is CCCOC(=O)NC(C)Cc1c(C)noc1C. The van der Waals surface area contributed by atoms with E-state index in [4.69, 9.17) is 9.26 Å². The average molecular weight is 240 g/mol. The van der Waals surface area contributed by atoms with E-state index in [0.29, 0.717) is 13.0 Å². The molecule has 1 heterocycles. The van der Waals surface area contributed by atoms with E-state index in [-0.39, 0.29) is 12.1 Å². The minimum Gasteiger partial charge on any atom is -0.450 e. The third-order valence-electron chi connectivity index (χ3n) is 2.49. The molecule has 1 aromatic rings. The van der Waals surface area contributed by atoms with Gasteiger partial charge in [0.15, 0.2) is 0 Å². The first kappa shape index (κ1) is 13.5. The van der Waals surface area contributed by atoms with Crippen LogP contribution < -0.4 is 5.32 Å². The van der Waals surface area contributed by atoms with Crippen molar-refractivity contribution in [3.8, 4) is 0 Å². The molecule has 1 unspecified atom stereocenters. The second kappa shape index (κ2) is 6.27. The number of amides is 1. The molecule has 96 valence electrons. The second-order valence-electron chi connectivity index (χ2n) is 4.19. The van der Waals surface area contributed by atoms with Crippen LogP contribution in [0.3, 0.4) is 0 Å². The quantitative estimate of drug-likeness (QED) is 0.858. The van der Waals surface area contributed by atoms with E-state index in [0.717, 1.165) is 23.4 Å². The van der Waals surface area contributed by atoms with Crippen LogP contribution in [0.25, 0.3) is 0 Å². The summed E-state index contributed by atoms with van der Waals surface area (Å²) in [6.45, 7) is 8.11. The number of alkyl carbamates (subject to hydrolysis) is 1. The van der Waals surface area contributed by atoms with Gasteiger partial charge in [0.1, 0.15) is 5.76 Å². The summed E-state index contributed by atoms with van der Waals surface area (Å²) in [4.78, 5) is 11.3. The summed E-state index contributed by atoms with van der Waals surface area (Å²) >= 11 is 0. The Morgan fingerprint density at radius 1 is 1.53 bits per heavy atom. The number of hydrogen-bond acceptors (Lipinski definition) is 4. The van der Waals surface area contributed by atoms with Crippen molar-refractivity contribution in [2.45, 2.75) is 46.6 Å². The fourth-order valence-electron chi connectivity index (χ4n) is 1.59. The third-order valence-corrected chi connectivity index (χ3v) is 2.49. The Labute approximate surface area is 102 Å². The lowest BCUT2D eigenvalue weighted by Gasteiger charge is -2.13. The summed E-state index contributed by atoms with van der Waals surface area (Å²) in [6, 6.07) is -0.00356. The van der Waals surface area contributed by atoms with Gasteiger partial charge in [-0.25, -0.2) is 4.79 Å². The van der Waals surface area contributed by atoms with Crippen molar-refractivity contribution < 1.29 is 14.1 Å². The lowest BCUT2D eigenvalue weighted by atomic mass is 10.1. The number of carbonyl (C=O) groups is 1. The van der Waals surface area contributed by atoms with Gasteiger partial charge in [0, 0.05) is 11.6 Å². The second-order valence-corrected chi connectivity index (χ2v) is 4.19. The van der Waals surface area contributed by atoms with Crippen molar-refractivity contribution in [2.75, 3.05) is 6.61 Å². The molecule has 0 saturated carbocycles. The number of nitrogens with zero attached hydrogens (tertiary/aromatic N) is 1. The van der Waals surface area contributed by atoms with Crippen LogP contribution >= 0.6 is 0 Å². The molecule has 5 heteroatoms. The van der Waals surface area contributed by atoms with Gasteiger partial charge < -0.3 is 14.6 Å². The molecular weight excluding hydrogens is 220 g/mol. The van der Waals surface area contributed by atoms with Gasteiger partial charge in [-0.1, -0.05) is 12.1 Å². The number of hydrogen-bond donors (Lipinski definition) is 1. The molecule has 0 aliphatic carbocycles. The molecule has 17 heavy (non-hydrogen) atoms. The summed E-state index contributed by atoms with van der Waals surface area (Å²) in [5.74, 6) is 0.804. The molecule has 1 atom stereocenters. The van der Waals surface area contributed by atoms with Gasteiger partial charge in [-0.15, -0.1) is 0 Å². The van der Waals surface area contributed by atoms with Gasteiger partial charge in [-0.2, -0.15) is 0 Å². The number of aryl methyl sites for hydroxylation is 2. The van der Waals surface area contributed by atoms with Gasteiger partial charge >= 0.3 is 6.09 Å². The Bertz CT molecular complexity index is 354. The topological polar surface area (TPSA) is 64.4 Å². The minimum atomic E-state index is -0.369. The Kier molecular flexibility index (Phi) is 5.00. The lowest BCUT2D eigenvalue weighted by Crippen LogP contribution is -2.34. The molecule has 0 fully saturated rings. The monoisotopic (exact) mass is 240 g/mol. The van der Waals surface area contributed by atoms with Crippen LogP contribution in [-0.4, -0.2) is 23.9 Å². The fraction of sp³-hybridized carbons (Fsp3) is 0.667. The summed E-state index contributed by atoms with van der Waals surface area (Å²) < 4.78 is 10.0. The number of ether oxygens (including phenoxy) is 1. The smallest absolute Gasteiger partial charge is 0.407 e. The van der Waals surface area contributed by atoms with Crippen LogP contribution in [0, 0.1) is 13.8 Å². The van der Waals surface area contributed by atoms with E-state index in [9.17, 15) is 4.79 Å². The Balaban J connectivity index is 2.44. The molecule has 1 N–H and O–H groups in total. The first-order chi connectivity index (χ1) is 8.04. The maximum atomic E-state index is 11.3. The zero-order chi connectivity index (χ0) is 12.8. The number of nitrogens with one attached hydrogen (secondary N) is 1. The first-order valence-corrected chi connectivity index (χ1v) is 5.89. The number of carbonyl (C=O) groups excluding carboxylic acids is 1. The maximum Gasteiger partial charge on any atom is 0.407 e.